The summed E-state index contributed by atoms with van der Waals surface area (Å²) in [5.41, 5.74) is 0. The summed E-state index contributed by atoms with van der Waals surface area (Å²) in [5.74, 6) is 0. The summed E-state index contributed by atoms with van der Waals surface area (Å²) in [7, 11) is 0. The van der Waals surface area contributed by atoms with E-state index in [4.69, 9.17) is 11.9 Å². The predicted molar refractivity (Wildman–Crippen MR) is 29.3 cm³/mol. The van der Waals surface area contributed by atoms with E-state index in [0.717, 1.165) is 12.0 Å². The van der Waals surface area contributed by atoms with Crippen LogP contribution in [0.25, 0.3) is 0 Å². The number of allylic oxidation sites excluding steroid dienone is 1. The number of halogens is 1. The summed E-state index contributed by atoms with van der Waals surface area (Å²) in [4.78, 5) is 0. The first kappa shape index (κ1) is 6.34. The van der Waals surface area contributed by atoms with Gasteiger partial charge in [-0.15, -0.1) is 0 Å². The molecule has 1 nitrogen and oxygen atoms in total. The Kier molecular flexibility index (Phi) is 5.64. The molecule has 0 aliphatic carbocycles. The lowest BCUT2D eigenvalue weighted by Gasteiger charge is -1.74. The van der Waals surface area contributed by atoms with E-state index in [1.807, 2.05) is 13.0 Å². The third kappa shape index (κ3) is 4.34. The molecule has 0 N–H and O–H groups in total. The molecule has 6 heavy (non-hydrogen) atoms. The maximum atomic E-state index is 4.79. The van der Waals surface area contributed by atoms with Gasteiger partial charge in [0.2, 0.25) is 0 Å². The van der Waals surface area contributed by atoms with Gasteiger partial charge >= 0.3 is 0 Å². The molecule has 0 bridgehead atoms. The van der Waals surface area contributed by atoms with Gasteiger partial charge in [0, 0.05) is 12.0 Å². The lowest BCUT2D eigenvalue weighted by Crippen LogP contribution is -1.43. The summed E-state index contributed by atoms with van der Waals surface area (Å²) < 4.78 is 4.08. The van der Waals surface area contributed by atoms with Gasteiger partial charge in [-0.2, -0.15) is 0 Å². The molecular weight excluding hydrogens is 120 g/mol. The first-order valence-electron chi connectivity index (χ1n) is 1.47. The predicted octanol–water partition coefficient (Wildman–Crippen LogP) is 2.34. The van der Waals surface area contributed by atoms with Gasteiger partial charge in [-0.1, -0.05) is 6.08 Å². The topological polar surface area (TPSA) is 9.23 Å². The van der Waals surface area contributed by atoms with Crippen molar-refractivity contribution >= 4 is 23.9 Å². The molecule has 0 aliphatic heterocycles. The summed E-state index contributed by atoms with van der Waals surface area (Å²) in [5, 5.41) is 1.74. The van der Waals surface area contributed by atoms with Crippen LogP contribution in [0.1, 0.15) is 6.92 Å². The van der Waals surface area contributed by atoms with E-state index in [0.29, 0.717) is 0 Å². The lowest BCUT2D eigenvalue weighted by atomic mass is 10.8. The molecule has 36 valence electrons. The van der Waals surface area contributed by atoms with Crippen LogP contribution in [0.3, 0.4) is 0 Å². The fourth-order valence-corrected chi connectivity index (χ4v) is 0.356. The first-order chi connectivity index (χ1) is 2.91. The Morgan fingerprint density at radius 2 is 2.50 bits per heavy atom. The SMILES string of the molecule is C/C=C\SOCl. The maximum Gasteiger partial charge on any atom is 0.0757 e. The highest BCUT2D eigenvalue weighted by Gasteiger charge is 1.67. The van der Waals surface area contributed by atoms with Crippen molar-refractivity contribution in [3.05, 3.63) is 11.5 Å². The van der Waals surface area contributed by atoms with E-state index in [1.165, 1.54) is 0 Å². The quantitative estimate of drug-likeness (QED) is 0.523. The van der Waals surface area contributed by atoms with Gasteiger partial charge in [0.05, 0.1) is 11.9 Å². The van der Waals surface area contributed by atoms with E-state index in [2.05, 4.69) is 3.74 Å². The van der Waals surface area contributed by atoms with E-state index >= 15 is 0 Å². The molecule has 0 aromatic rings. The molecule has 0 saturated carbocycles. The Hall–Kier alpha value is 0.340. The molecule has 0 atom stereocenters. The molecule has 0 aromatic carbocycles. The van der Waals surface area contributed by atoms with Crippen molar-refractivity contribution in [2.75, 3.05) is 0 Å². The Bertz CT molecular complexity index is 46.1. The summed E-state index contributed by atoms with van der Waals surface area (Å²) in [6, 6.07) is 0. The molecule has 0 saturated heterocycles. The third-order valence-corrected chi connectivity index (χ3v) is 0.902. The van der Waals surface area contributed by atoms with Gasteiger partial charge in [0.25, 0.3) is 0 Å². The van der Waals surface area contributed by atoms with Crippen molar-refractivity contribution in [3.63, 3.8) is 0 Å². The highest BCUT2D eigenvalue weighted by Crippen LogP contribution is 2.04. The van der Waals surface area contributed by atoms with Crippen LogP contribution in [0, 0.1) is 0 Å². The fourth-order valence-electron chi connectivity index (χ4n) is 0.0766. The molecule has 0 radical (unpaired) electrons. The monoisotopic (exact) mass is 124 g/mol. The Morgan fingerprint density at radius 3 is 2.67 bits per heavy atom. The van der Waals surface area contributed by atoms with Gasteiger partial charge < -0.3 is 0 Å². The Labute approximate surface area is 46.7 Å². The second-order valence-electron chi connectivity index (χ2n) is 0.629. The van der Waals surface area contributed by atoms with Gasteiger partial charge in [-0.3, -0.25) is 0 Å². The van der Waals surface area contributed by atoms with Crippen LogP contribution < -0.4 is 0 Å². The molecular formula is C3H5ClOS. The molecule has 0 unspecified atom stereocenters. The summed E-state index contributed by atoms with van der Waals surface area (Å²) in [6.07, 6.45) is 1.84. The van der Waals surface area contributed by atoms with Crippen molar-refractivity contribution in [2.45, 2.75) is 6.92 Å². The van der Waals surface area contributed by atoms with E-state index < -0.39 is 0 Å². The smallest absolute Gasteiger partial charge is 0.0757 e. The number of hydrogen-bond acceptors (Lipinski definition) is 2. The van der Waals surface area contributed by atoms with Gasteiger partial charge in [0.15, 0.2) is 0 Å². The minimum atomic E-state index is 1.09. The minimum absolute atomic E-state index is 1.09. The van der Waals surface area contributed by atoms with E-state index in [-0.39, 0.29) is 0 Å². The molecule has 0 aromatic heterocycles. The minimum Gasteiger partial charge on any atom is -0.203 e. The second-order valence-corrected chi connectivity index (χ2v) is 1.60. The zero-order valence-electron chi connectivity index (χ0n) is 3.35. The van der Waals surface area contributed by atoms with Gasteiger partial charge in [-0.05, 0) is 12.3 Å². The van der Waals surface area contributed by atoms with Crippen molar-refractivity contribution in [2.24, 2.45) is 0 Å². The largest absolute Gasteiger partial charge is 0.203 e. The van der Waals surface area contributed by atoms with Crippen LogP contribution in [-0.2, 0) is 3.74 Å². The standard InChI is InChI=1S/C3H5ClOS/c1-2-3-6-5-4/h2-3H,1H3/b3-2-. The highest BCUT2D eigenvalue weighted by atomic mass is 35.5. The Balaban J connectivity index is 2.66. The van der Waals surface area contributed by atoms with Crippen LogP contribution in [0.5, 0.6) is 0 Å². The number of hydrogen-bond donors (Lipinski definition) is 0. The molecule has 0 spiro atoms. The van der Waals surface area contributed by atoms with Crippen LogP contribution in [0.2, 0.25) is 0 Å². The van der Waals surface area contributed by atoms with Crippen LogP contribution in [0.4, 0.5) is 0 Å². The summed E-state index contributed by atoms with van der Waals surface area (Å²) in [6.45, 7) is 1.89. The van der Waals surface area contributed by atoms with Crippen LogP contribution >= 0.6 is 23.9 Å². The number of rotatable bonds is 2. The highest BCUT2D eigenvalue weighted by molar-refractivity contribution is 7.98. The van der Waals surface area contributed by atoms with Crippen LogP contribution in [0.15, 0.2) is 11.5 Å². The van der Waals surface area contributed by atoms with Crippen LogP contribution in [-0.4, -0.2) is 0 Å². The lowest BCUT2D eigenvalue weighted by molar-refractivity contribution is 0.735. The average Bonchev–Trinajstić information content (AvgIpc) is 1.61. The third-order valence-electron chi connectivity index (χ3n) is 0.228. The maximum absolute atomic E-state index is 4.79. The van der Waals surface area contributed by atoms with Crippen molar-refractivity contribution < 1.29 is 3.74 Å². The van der Waals surface area contributed by atoms with Gasteiger partial charge in [0.1, 0.15) is 0 Å². The molecule has 0 heterocycles. The summed E-state index contributed by atoms with van der Waals surface area (Å²) >= 11 is 5.88. The second kappa shape index (κ2) is 5.34. The molecule has 0 aliphatic rings. The first-order valence-corrected chi connectivity index (χ1v) is 2.58. The van der Waals surface area contributed by atoms with Crippen molar-refractivity contribution in [3.8, 4) is 0 Å². The Morgan fingerprint density at radius 1 is 1.83 bits per heavy atom. The zero-order chi connectivity index (χ0) is 4.83. The van der Waals surface area contributed by atoms with Gasteiger partial charge in [-0.25, -0.2) is 3.74 Å². The molecule has 0 amide bonds. The fraction of sp³-hybridized carbons (Fsp3) is 0.333. The van der Waals surface area contributed by atoms with Crippen molar-refractivity contribution in [1.29, 1.82) is 0 Å². The average molecular weight is 125 g/mol. The normalized spacial score (nSPS) is 10.3. The molecule has 0 fully saturated rings. The molecule has 3 heteroatoms. The van der Waals surface area contributed by atoms with E-state index in [9.17, 15) is 0 Å². The molecule has 0 rings (SSSR count). The van der Waals surface area contributed by atoms with E-state index in [1.54, 1.807) is 5.41 Å². The van der Waals surface area contributed by atoms with Crippen molar-refractivity contribution in [1.82, 2.24) is 0 Å². The zero-order valence-corrected chi connectivity index (χ0v) is 4.92.